The number of aliphatic hydroxyl groups excluding tert-OH is 1. The lowest BCUT2D eigenvalue weighted by atomic mass is 10.2. The second-order valence-corrected chi connectivity index (χ2v) is 4.00. The molecule has 17 heavy (non-hydrogen) atoms. The van der Waals surface area contributed by atoms with Crippen molar-refractivity contribution in [3.05, 3.63) is 12.1 Å². The van der Waals surface area contributed by atoms with Crippen molar-refractivity contribution < 1.29 is 9.84 Å². The minimum atomic E-state index is 0.155. The van der Waals surface area contributed by atoms with Gasteiger partial charge in [-0.2, -0.15) is 4.98 Å². The summed E-state index contributed by atoms with van der Waals surface area (Å²) in [5, 5.41) is 12.0. The second kappa shape index (κ2) is 6.96. The minimum absolute atomic E-state index is 0.155. The summed E-state index contributed by atoms with van der Waals surface area (Å²) in [7, 11) is 0. The van der Waals surface area contributed by atoms with Crippen LogP contribution in [0.2, 0.25) is 0 Å². The Morgan fingerprint density at radius 1 is 1.53 bits per heavy atom. The van der Waals surface area contributed by atoms with Gasteiger partial charge in [-0.3, -0.25) is 0 Å². The van der Waals surface area contributed by atoms with Gasteiger partial charge in [0.25, 0.3) is 0 Å². The lowest BCUT2D eigenvalue weighted by molar-refractivity contribution is 0.282. The number of pyridine rings is 1. The third kappa shape index (κ3) is 4.48. The maximum Gasteiger partial charge on any atom is 0.239 e. The largest absolute Gasteiger partial charge is 0.476 e. The van der Waals surface area contributed by atoms with Gasteiger partial charge in [-0.05, 0) is 31.9 Å². The molecule has 4 N–H and O–H groups in total. The lowest BCUT2D eigenvalue weighted by Gasteiger charge is -2.14. The number of nitrogens with two attached hydrogens (primary N) is 1. The Labute approximate surface area is 102 Å². The van der Waals surface area contributed by atoms with E-state index >= 15 is 0 Å². The molecule has 0 saturated heterocycles. The Bertz CT molecular complexity index is 345. The Morgan fingerprint density at radius 3 is 2.94 bits per heavy atom. The van der Waals surface area contributed by atoms with Crippen LogP contribution in [0.15, 0.2) is 12.1 Å². The Balaban J connectivity index is 2.67. The Morgan fingerprint density at radius 2 is 2.29 bits per heavy atom. The van der Waals surface area contributed by atoms with Crippen LogP contribution in [-0.4, -0.2) is 29.3 Å². The first-order valence-electron chi connectivity index (χ1n) is 5.94. The number of rotatable bonds is 7. The SMILES string of the molecule is CCCOc1nc(NC(C)CCO)ccc1N. The molecule has 0 bridgehead atoms. The van der Waals surface area contributed by atoms with Crippen molar-refractivity contribution in [2.45, 2.75) is 32.7 Å². The normalized spacial score (nSPS) is 12.2. The molecule has 0 saturated carbocycles. The average Bonchev–Trinajstić information content (AvgIpc) is 2.30. The number of nitrogens with one attached hydrogen (secondary N) is 1. The highest BCUT2D eigenvalue weighted by Crippen LogP contribution is 2.21. The first kappa shape index (κ1) is 13.6. The summed E-state index contributed by atoms with van der Waals surface area (Å²) in [4.78, 5) is 4.29. The molecule has 0 aliphatic rings. The zero-order valence-electron chi connectivity index (χ0n) is 10.4. The van der Waals surface area contributed by atoms with Crippen molar-refractivity contribution >= 4 is 11.5 Å². The molecule has 0 aliphatic heterocycles. The fourth-order valence-corrected chi connectivity index (χ4v) is 1.36. The Hall–Kier alpha value is -1.49. The molecular weight excluding hydrogens is 218 g/mol. The van der Waals surface area contributed by atoms with Crippen molar-refractivity contribution in [1.29, 1.82) is 0 Å². The number of hydrogen-bond acceptors (Lipinski definition) is 5. The number of anilines is 2. The number of nitrogen functional groups attached to an aromatic ring is 1. The number of aliphatic hydroxyl groups is 1. The zero-order valence-corrected chi connectivity index (χ0v) is 10.4. The van der Waals surface area contributed by atoms with Gasteiger partial charge < -0.3 is 20.9 Å². The molecule has 1 rings (SSSR count). The van der Waals surface area contributed by atoms with Gasteiger partial charge in [0.2, 0.25) is 5.88 Å². The highest BCUT2D eigenvalue weighted by Gasteiger charge is 2.06. The van der Waals surface area contributed by atoms with Crippen LogP contribution in [0.4, 0.5) is 11.5 Å². The van der Waals surface area contributed by atoms with Crippen LogP contribution in [-0.2, 0) is 0 Å². The van der Waals surface area contributed by atoms with Gasteiger partial charge >= 0.3 is 0 Å². The molecule has 96 valence electrons. The highest BCUT2D eigenvalue weighted by atomic mass is 16.5. The first-order valence-corrected chi connectivity index (χ1v) is 5.94. The summed E-state index contributed by atoms with van der Waals surface area (Å²) in [5.74, 6) is 1.18. The zero-order chi connectivity index (χ0) is 12.7. The van der Waals surface area contributed by atoms with Crippen LogP contribution >= 0.6 is 0 Å². The quantitative estimate of drug-likeness (QED) is 0.674. The van der Waals surface area contributed by atoms with Crippen LogP contribution < -0.4 is 15.8 Å². The van der Waals surface area contributed by atoms with E-state index in [1.165, 1.54) is 0 Å². The smallest absolute Gasteiger partial charge is 0.239 e. The monoisotopic (exact) mass is 239 g/mol. The van der Waals surface area contributed by atoms with Gasteiger partial charge in [-0.1, -0.05) is 6.92 Å². The average molecular weight is 239 g/mol. The van der Waals surface area contributed by atoms with Crippen LogP contribution in [0.1, 0.15) is 26.7 Å². The van der Waals surface area contributed by atoms with E-state index in [0.29, 0.717) is 30.4 Å². The first-order chi connectivity index (χ1) is 8.17. The molecule has 5 nitrogen and oxygen atoms in total. The second-order valence-electron chi connectivity index (χ2n) is 4.00. The van der Waals surface area contributed by atoms with E-state index in [1.807, 2.05) is 19.9 Å². The molecule has 0 spiro atoms. The summed E-state index contributed by atoms with van der Waals surface area (Å²) < 4.78 is 5.44. The standard InChI is InChI=1S/C12H21N3O2/c1-3-8-17-12-10(13)4-5-11(15-12)14-9(2)6-7-16/h4-5,9,16H,3,6-8,13H2,1-2H3,(H,14,15). The fraction of sp³-hybridized carbons (Fsp3) is 0.583. The van der Waals surface area contributed by atoms with Crippen LogP contribution in [0, 0.1) is 0 Å². The van der Waals surface area contributed by atoms with Crippen molar-refractivity contribution in [3.8, 4) is 5.88 Å². The van der Waals surface area contributed by atoms with E-state index in [9.17, 15) is 0 Å². The van der Waals surface area contributed by atoms with Gasteiger partial charge in [0.15, 0.2) is 0 Å². The number of nitrogens with zero attached hydrogens (tertiary/aromatic N) is 1. The van der Waals surface area contributed by atoms with E-state index in [1.54, 1.807) is 6.07 Å². The van der Waals surface area contributed by atoms with Gasteiger partial charge in [0, 0.05) is 12.6 Å². The molecule has 0 amide bonds. The van der Waals surface area contributed by atoms with E-state index < -0.39 is 0 Å². The molecule has 5 heteroatoms. The number of hydrogen-bond donors (Lipinski definition) is 3. The Kier molecular flexibility index (Phi) is 5.56. The third-order valence-electron chi connectivity index (χ3n) is 2.29. The highest BCUT2D eigenvalue weighted by molar-refractivity contribution is 5.53. The molecular formula is C12H21N3O2. The molecule has 1 atom stereocenters. The van der Waals surface area contributed by atoms with Crippen molar-refractivity contribution in [1.82, 2.24) is 4.98 Å². The van der Waals surface area contributed by atoms with Crippen LogP contribution in [0.25, 0.3) is 0 Å². The van der Waals surface area contributed by atoms with Crippen molar-refractivity contribution in [2.75, 3.05) is 24.3 Å². The predicted molar refractivity (Wildman–Crippen MR) is 69.2 cm³/mol. The molecule has 1 aromatic rings. The molecule has 0 aliphatic carbocycles. The molecule has 1 unspecified atom stereocenters. The molecule has 0 fully saturated rings. The summed E-state index contributed by atoms with van der Waals surface area (Å²) in [5.41, 5.74) is 6.30. The van der Waals surface area contributed by atoms with Crippen molar-refractivity contribution in [2.24, 2.45) is 0 Å². The fourth-order valence-electron chi connectivity index (χ4n) is 1.36. The van der Waals surface area contributed by atoms with E-state index in [4.69, 9.17) is 15.6 Å². The topological polar surface area (TPSA) is 80.4 Å². The molecule has 1 aromatic heterocycles. The van der Waals surface area contributed by atoms with E-state index in [-0.39, 0.29) is 12.6 Å². The minimum Gasteiger partial charge on any atom is -0.476 e. The maximum atomic E-state index is 8.82. The van der Waals surface area contributed by atoms with E-state index in [0.717, 1.165) is 6.42 Å². The molecule has 1 heterocycles. The lowest BCUT2D eigenvalue weighted by Crippen LogP contribution is -2.17. The van der Waals surface area contributed by atoms with Crippen LogP contribution in [0.3, 0.4) is 0 Å². The van der Waals surface area contributed by atoms with Gasteiger partial charge in [-0.25, -0.2) is 0 Å². The van der Waals surface area contributed by atoms with E-state index in [2.05, 4.69) is 10.3 Å². The van der Waals surface area contributed by atoms with Gasteiger partial charge in [0.05, 0.1) is 12.3 Å². The van der Waals surface area contributed by atoms with Crippen molar-refractivity contribution in [3.63, 3.8) is 0 Å². The summed E-state index contributed by atoms with van der Waals surface area (Å²) in [6, 6.07) is 3.74. The summed E-state index contributed by atoms with van der Waals surface area (Å²) in [6.45, 7) is 4.78. The molecule has 0 aromatic carbocycles. The van der Waals surface area contributed by atoms with Crippen LogP contribution in [0.5, 0.6) is 5.88 Å². The predicted octanol–water partition coefficient (Wildman–Crippen LogP) is 1.64. The number of ether oxygens (including phenoxy) is 1. The maximum absolute atomic E-state index is 8.82. The third-order valence-corrected chi connectivity index (χ3v) is 2.29. The van der Waals surface area contributed by atoms with Gasteiger partial charge in [-0.15, -0.1) is 0 Å². The van der Waals surface area contributed by atoms with Gasteiger partial charge in [0.1, 0.15) is 5.82 Å². The summed E-state index contributed by atoms with van der Waals surface area (Å²) >= 11 is 0. The summed E-state index contributed by atoms with van der Waals surface area (Å²) in [6.07, 6.45) is 1.59. The molecule has 0 radical (unpaired) electrons. The number of aromatic nitrogens is 1.